The van der Waals surface area contributed by atoms with E-state index < -0.39 is 17.8 Å². The summed E-state index contributed by atoms with van der Waals surface area (Å²) >= 11 is 5.72. The Bertz CT molecular complexity index is 412. The van der Waals surface area contributed by atoms with Crippen LogP contribution in [0.1, 0.15) is 23.7 Å². The minimum atomic E-state index is -0.610. The summed E-state index contributed by atoms with van der Waals surface area (Å²) < 4.78 is 13.0. The normalized spacial score (nSPS) is 12.3. The number of carbonyl (C=O) groups is 1. The zero-order valence-corrected chi connectivity index (χ0v) is 10.4. The summed E-state index contributed by atoms with van der Waals surface area (Å²) in [6.45, 7) is 2.00. The molecular weight excluding hydrogens is 247 g/mol. The van der Waals surface area contributed by atoms with Crippen LogP contribution in [0.25, 0.3) is 0 Å². The van der Waals surface area contributed by atoms with Crippen molar-refractivity contribution >= 4 is 17.5 Å². The van der Waals surface area contributed by atoms with Gasteiger partial charge in [-0.3, -0.25) is 4.79 Å². The standard InChI is InChI=1S/C11H14ClFN2O2/c1-7(16)3-4-15(2)11(17)9-5-8(13)6-14-10(9)12/h5-7,16H,3-4H2,1-2H3. The van der Waals surface area contributed by atoms with E-state index in [0.717, 1.165) is 12.3 Å². The number of pyridine rings is 1. The molecule has 0 aliphatic heterocycles. The van der Waals surface area contributed by atoms with E-state index in [2.05, 4.69) is 4.98 Å². The lowest BCUT2D eigenvalue weighted by atomic mass is 10.2. The predicted octanol–water partition coefficient (Wildman–Crippen LogP) is 1.72. The number of aromatic nitrogens is 1. The van der Waals surface area contributed by atoms with Crippen molar-refractivity contribution in [3.05, 3.63) is 28.8 Å². The predicted molar refractivity (Wildman–Crippen MR) is 62.5 cm³/mol. The first-order chi connectivity index (χ1) is 7.91. The molecule has 0 aliphatic rings. The maximum atomic E-state index is 13.0. The fourth-order valence-electron chi connectivity index (χ4n) is 1.26. The lowest BCUT2D eigenvalue weighted by molar-refractivity contribution is 0.0768. The van der Waals surface area contributed by atoms with Crippen LogP contribution in [-0.4, -0.2) is 40.6 Å². The lowest BCUT2D eigenvalue weighted by Gasteiger charge is -2.18. The molecule has 94 valence electrons. The number of carbonyl (C=O) groups excluding carboxylic acids is 1. The Hall–Kier alpha value is -1.20. The van der Waals surface area contributed by atoms with Gasteiger partial charge in [0.1, 0.15) is 11.0 Å². The highest BCUT2D eigenvalue weighted by Crippen LogP contribution is 2.15. The van der Waals surface area contributed by atoms with Crippen molar-refractivity contribution in [1.29, 1.82) is 0 Å². The molecule has 0 saturated carbocycles. The Balaban J connectivity index is 2.78. The zero-order valence-electron chi connectivity index (χ0n) is 9.65. The molecule has 0 bridgehead atoms. The molecule has 0 aliphatic carbocycles. The van der Waals surface area contributed by atoms with Crippen molar-refractivity contribution < 1.29 is 14.3 Å². The van der Waals surface area contributed by atoms with E-state index in [1.165, 1.54) is 4.90 Å². The molecule has 1 atom stereocenters. The highest BCUT2D eigenvalue weighted by atomic mass is 35.5. The molecule has 1 aromatic rings. The molecule has 4 nitrogen and oxygen atoms in total. The molecule has 0 fully saturated rings. The Labute approximate surface area is 104 Å². The quantitative estimate of drug-likeness (QED) is 0.839. The SMILES string of the molecule is CC(O)CCN(C)C(=O)c1cc(F)cnc1Cl. The average molecular weight is 261 g/mol. The summed E-state index contributed by atoms with van der Waals surface area (Å²) in [5, 5.41) is 9.09. The van der Waals surface area contributed by atoms with E-state index >= 15 is 0 Å². The largest absolute Gasteiger partial charge is 0.393 e. The van der Waals surface area contributed by atoms with Gasteiger partial charge in [0.15, 0.2) is 0 Å². The third-order valence-corrected chi connectivity index (χ3v) is 2.57. The monoisotopic (exact) mass is 260 g/mol. The summed E-state index contributed by atoms with van der Waals surface area (Å²) in [5.74, 6) is -1.02. The molecule has 0 saturated heterocycles. The first-order valence-electron chi connectivity index (χ1n) is 5.16. The minimum absolute atomic E-state index is 0.0275. The zero-order chi connectivity index (χ0) is 13.0. The number of hydrogen-bond donors (Lipinski definition) is 1. The number of rotatable bonds is 4. The van der Waals surface area contributed by atoms with Gasteiger partial charge >= 0.3 is 0 Å². The molecule has 0 spiro atoms. The van der Waals surface area contributed by atoms with Crippen molar-refractivity contribution in [1.82, 2.24) is 9.88 Å². The van der Waals surface area contributed by atoms with Crippen LogP contribution >= 0.6 is 11.6 Å². The number of aliphatic hydroxyl groups is 1. The second-order valence-electron chi connectivity index (χ2n) is 3.86. The van der Waals surface area contributed by atoms with Crippen LogP contribution in [0, 0.1) is 5.82 Å². The van der Waals surface area contributed by atoms with Gasteiger partial charge in [0.2, 0.25) is 0 Å². The van der Waals surface area contributed by atoms with Crippen LogP contribution in [-0.2, 0) is 0 Å². The van der Waals surface area contributed by atoms with Gasteiger partial charge in [0.25, 0.3) is 5.91 Å². The second kappa shape index (κ2) is 5.93. The molecule has 1 heterocycles. The molecule has 17 heavy (non-hydrogen) atoms. The summed E-state index contributed by atoms with van der Waals surface area (Å²) in [6.07, 6.45) is 0.906. The van der Waals surface area contributed by atoms with Gasteiger partial charge in [-0.1, -0.05) is 11.6 Å². The van der Waals surface area contributed by atoms with E-state index in [1.54, 1.807) is 14.0 Å². The summed E-state index contributed by atoms with van der Waals surface area (Å²) in [5.41, 5.74) is 0.0276. The van der Waals surface area contributed by atoms with Crippen LogP contribution in [0.5, 0.6) is 0 Å². The molecule has 1 N–H and O–H groups in total. The third kappa shape index (κ3) is 3.94. The van der Waals surface area contributed by atoms with Gasteiger partial charge < -0.3 is 10.0 Å². The smallest absolute Gasteiger partial charge is 0.256 e. The van der Waals surface area contributed by atoms with Crippen LogP contribution in [0.4, 0.5) is 4.39 Å². The molecule has 0 aromatic carbocycles. The average Bonchev–Trinajstić information content (AvgIpc) is 2.28. The topological polar surface area (TPSA) is 53.4 Å². The van der Waals surface area contributed by atoms with Crippen LogP contribution < -0.4 is 0 Å². The number of aliphatic hydroxyl groups excluding tert-OH is 1. The Morgan fingerprint density at radius 2 is 2.35 bits per heavy atom. The molecule has 1 amide bonds. The van der Waals surface area contributed by atoms with Gasteiger partial charge in [-0.2, -0.15) is 0 Å². The van der Waals surface area contributed by atoms with Crippen molar-refractivity contribution in [3.63, 3.8) is 0 Å². The van der Waals surface area contributed by atoms with Gasteiger partial charge in [0, 0.05) is 13.6 Å². The molecule has 1 unspecified atom stereocenters. The summed E-state index contributed by atoms with van der Waals surface area (Å²) in [7, 11) is 1.56. The Morgan fingerprint density at radius 1 is 1.71 bits per heavy atom. The minimum Gasteiger partial charge on any atom is -0.393 e. The summed E-state index contributed by atoms with van der Waals surface area (Å²) in [6, 6.07) is 1.05. The van der Waals surface area contributed by atoms with E-state index in [0.29, 0.717) is 13.0 Å². The number of nitrogens with zero attached hydrogens (tertiary/aromatic N) is 2. The Kier molecular flexibility index (Phi) is 4.84. The second-order valence-corrected chi connectivity index (χ2v) is 4.21. The van der Waals surface area contributed by atoms with Crippen LogP contribution in [0.3, 0.4) is 0 Å². The first-order valence-corrected chi connectivity index (χ1v) is 5.54. The number of halogens is 2. The first kappa shape index (κ1) is 13.9. The van der Waals surface area contributed by atoms with Gasteiger partial charge in [-0.05, 0) is 19.4 Å². The van der Waals surface area contributed by atoms with E-state index in [4.69, 9.17) is 16.7 Å². The van der Waals surface area contributed by atoms with Crippen LogP contribution in [0.2, 0.25) is 5.15 Å². The van der Waals surface area contributed by atoms with Crippen molar-refractivity contribution in [2.75, 3.05) is 13.6 Å². The summed E-state index contributed by atoms with van der Waals surface area (Å²) in [4.78, 5) is 16.8. The maximum absolute atomic E-state index is 13.0. The number of amides is 1. The molecular formula is C11H14ClFN2O2. The van der Waals surface area contributed by atoms with Crippen molar-refractivity contribution in [3.8, 4) is 0 Å². The van der Waals surface area contributed by atoms with E-state index in [1.807, 2.05) is 0 Å². The lowest BCUT2D eigenvalue weighted by Crippen LogP contribution is -2.29. The molecule has 6 heteroatoms. The highest BCUT2D eigenvalue weighted by Gasteiger charge is 2.17. The molecule has 1 rings (SSSR count). The van der Waals surface area contributed by atoms with Crippen molar-refractivity contribution in [2.24, 2.45) is 0 Å². The van der Waals surface area contributed by atoms with Gasteiger partial charge in [-0.25, -0.2) is 9.37 Å². The molecule has 0 radical (unpaired) electrons. The fraction of sp³-hybridized carbons (Fsp3) is 0.455. The van der Waals surface area contributed by atoms with Crippen LogP contribution in [0.15, 0.2) is 12.3 Å². The maximum Gasteiger partial charge on any atom is 0.256 e. The Morgan fingerprint density at radius 3 is 2.94 bits per heavy atom. The van der Waals surface area contributed by atoms with E-state index in [9.17, 15) is 9.18 Å². The van der Waals surface area contributed by atoms with E-state index in [-0.39, 0.29) is 10.7 Å². The number of hydrogen-bond acceptors (Lipinski definition) is 3. The van der Waals surface area contributed by atoms with Gasteiger partial charge in [-0.15, -0.1) is 0 Å². The van der Waals surface area contributed by atoms with Gasteiger partial charge in [0.05, 0.1) is 17.9 Å². The van der Waals surface area contributed by atoms with Crippen molar-refractivity contribution in [2.45, 2.75) is 19.4 Å². The highest BCUT2D eigenvalue weighted by molar-refractivity contribution is 6.32. The molecule has 1 aromatic heterocycles. The third-order valence-electron chi connectivity index (χ3n) is 2.27. The fourth-order valence-corrected chi connectivity index (χ4v) is 1.44.